The first-order valence-corrected chi connectivity index (χ1v) is 5.63. The van der Waals surface area contributed by atoms with E-state index in [0.29, 0.717) is 6.42 Å². The molecule has 78 valence electrons. The van der Waals surface area contributed by atoms with Gasteiger partial charge in [-0.15, -0.1) is 0 Å². The Bertz CT molecular complexity index is 386. The van der Waals surface area contributed by atoms with Gasteiger partial charge in [-0.3, -0.25) is 10.4 Å². The fourth-order valence-electron chi connectivity index (χ4n) is 1.01. The first-order valence-electron chi connectivity index (χ1n) is 4.02. The molecule has 0 saturated carbocycles. The molecular formula is C8H12N2O3S. The Morgan fingerprint density at radius 3 is 2.29 bits per heavy atom. The van der Waals surface area contributed by atoms with Crippen LogP contribution in [0.3, 0.4) is 0 Å². The summed E-state index contributed by atoms with van der Waals surface area (Å²) in [6.07, 6.45) is 0.295. The summed E-state index contributed by atoms with van der Waals surface area (Å²) in [7, 11) is -3.88. The number of nitrogens with one attached hydrogen (secondary N) is 1. The molecule has 0 saturated heterocycles. The van der Waals surface area contributed by atoms with Crippen LogP contribution in [-0.2, 0) is 16.5 Å². The highest BCUT2D eigenvalue weighted by Crippen LogP contribution is 2.08. The highest BCUT2D eigenvalue weighted by molar-refractivity contribution is 7.85. The maximum atomic E-state index is 10.5. The van der Waals surface area contributed by atoms with E-state index in [-0.39, 0.29) is 5.75 Å². The Hall–Kier alpha value is -1.11. The summed E-state index contributed by atoms with van der Waals surface area (Å²) in [6.45, 7) is 0. The van der Waals surface area contributed by atoms with E-state index in [9.17, 15) is 8.42 Å². The molecule has 0 amide bonds. The van der Waals surface area contributed by atoms with Crippen LogP contribution in [0.1, 0.15) is 5.56 Å². The van der Waals surface area contributed by atoms with Gasteiger partial charge in [-0.1, -0.05) is 12.1 Å². The largest absolute Gasteiger partial charge is 0.324 e. The Kier molecular flexibility index (Phi) is 3.45. The van der Waals surface area contributed by atoms with Gasteiger partial charge in [-0.05, 0) is 24.1 Å². The molecule has 1 aromatic carbocycles. The summed E-state index contributed by atoms with van der Waals surface area (Å²) in [5.74, 6) is 4.90. The Morgan fingerprint density at radius 1 is 1.29 bits per heavy atom. The van der Waals surface area contributed by atoms with Crippen molar-refractivity contribution in [2.75, 3.05) is 11.2 Å². The second-order valence-electron chi connectivity index (χ2n) is 2.88. The van der Waals surface area contributed by atoms with Crippen molar-refractivity contribution in [1.82, 2.24) is 0 Å². The number of aryl methyl sites for hydroxylation is 1. The smallest absolute Gasteiger partial charge is 0.265 e. The van der Waals surface area contributed by atoms with Crippen molar-refractivity contribution in [3.05, 3.63) is 29.8 Å². The lowest BCUT2D eigenvalue weighted by Crippen LogP contribution is -2.08. The van der Waals surface area contributed by atoms with Crippen molar-refractivity contribution in [1.29, 1.82) is 0 Å². The third-order valence-corrected chi connectivity index (χ3v) is 2.49. The summed E-state index contributed by atoms with van der Waals surface area (Å²) in [5.41, 5.74) is 4.04. The molecule has 0 fully saturated rings. The number of benzene rings is 1. The maximum absolute atomic E-state index is 10.5. The number of hydrazine groups is 1. The average molecular weight is 216 g/mol. The molecule has 0 atom stereocenters. The Labute approximate surface area is 82.6 Å². The molecule has 1 aromatic rings. The third-order valence-electron chi connectivity index (χ3n) is 1.77. The summed E-state index contributed by atoms with van der Waals surface area (Å²) in [6, 6.07) is 6.97. The highest BCUT2D eigenvalue weighted by atomic mass is 32.2. The van der Waals surface area contributed by atoms with Crippen LogP contribution >= 0.6 is 0 Å². The first-order chi connectivity index (χ1) is 6.51. The van der Waals surface area contributed by atoms with Crippen molar-refractivity contribution < 1.29 is 13.0 Å². The van der Waals surface area contributed by atoms with E-state index in [0.717, 1.165) is 11.3 Å². The summed E-state index contributed by atoms with van der Waals surface area (Å²) in [4.78, 5) is 0. The predicted octanol–water partition coefficient (Wildman–Crippen LogP) is 0.403. The Morgan fingerprint density at radius 2 is 1.86 bits per heavy atom. The van der Waals surface area contributed by atoms with Crippen LogP contribution in [-0.4, -0.2) is 18.7 Å². The lowest BCUT2D eigenvalue weighted by atomic mass is 10.1. The minimum Gasteiger partial charge on any atom is -0.324 e. The number of anilines is 1. The lowest BCUT2D eigenvalue weighted by Gasteiger charge is -2.02. The van der Waals surface area contributed by atoms with Crippen LogP contribution in [0.25, 0.3) is 0 Å². The molecule has 14 heavy (non-hydrogen) atoms. The van der Waals surface area contributed by atoms with E-state index in [1.165, 1.54) is 0 Å². The van der Waals surface area contributed by atoms with Crippen molar-refractivity contribution in [3.8, 4) is 0 Å². The van der Waals surface area contributed by atoms with Gasteiger partial charge in [0.1, 0.15) is 0 Å². The van der Waals surface area contributed by atoms with E-state index < -0.39 is 10.1 Å². The molecule has 0 aliphatic heterocycles. The number of rotatable bonds is 4. The van der Waals surface area contributed by atoms with Crippen LogP contribution in [0, 0.1) is 0 Å². The van der Waals surface area contributed by atoms with Crippen molar-refractivity contribution in [2.45, 2.75) is 6.42 Å². The minimum absolute atomic E-state index is 0.262. The zero-order valence-electron chi connectivity index (χ0n) is 7.47. The molecule has 0 aliphatic rings. The van der Waals surface area contributed by atoms with Crippen molar-refractivity contribution >= 4 is 15.8 Å². The predicted molar refractivity (Wildman–Crippen MR) is 54.4 cm³/mol. The molecule has 4 N–H and O–H groups in total. The first kappa shape index (κ1) is 11.0. The molecule has 6 heteroatoms. The molecule has 5 nitrogen and oxygen atoms in total. The number of nitrogen functional groups attached to an aromatic ring is 1. The molecule has 0 aromatic heterocycles. The minimum atomic E-state index is -3.88. The molecule has 0 spiro atoms. The van der Waals surface area contributed by atoms with Gasteiger partial charge in [0, 0.05) is 5.69 Å². The van der Waals surface area contributed by atoms with Crippen molar-refractivity contribution in [3.63, 3.8) is 0 Å². The zero-order valence-corrected chi connectivity index (χ0v) is 8.29. The van der Waals surface area contributed by atoms with Gasteiger partial charge >= 0.3 is 0 Å². The van der Waals surface area contributed by atoms with Gasteiger partial charge < -0.3 is 5.43 Å². The van der Waals surface area contributed by atoms with E-state index >= 15 is 0 Å². The second kappa shape index (κ2) is 4.41. The van der Waals surface area contributed by atoms with Crippen LogP contribution < -0.4 is 11.3 Å². The summed E-state index contributed by atoms with van der Waals surface area (Å²) >= 11 is 0. The molecule has 1 rings (SSSR count). The van der Waals surface area contributed by atoms with E-state index in [1.807, 2.05) is 0 Å². The fourth-order valence-corrected chi connectivity index (χ4v) is 1.51. The highest BCUT2D eigenvalue weighted by Gasteiger charge is 2.04. The van der Waals surface area contributed by atoms with Crippen LogP contribution in [0.15, 0.2) is 24.3 Å². The lowest BCUT2D eigenvalue weighted by molar-refractivity contribution is 0.482. The average Bonchev–Trinajstić information content (AvgIpc) is 2.14. The van der Waals surface area contributed by atoms with Gasteiger partial charge in [-0.25, -0.2) is 0 Å². The molecule has 0 unspecified atom stereocenters. The van der Waals surface area contributed by atoms with Gasteiger partial charge in [-0.2, -0.15) is 8.42 Å². The van der Waals surface area contributed by atoms with Gasteiger partial charge in [0.05, 0.1) is 5.75 Å². The van der Waals surface area contributed by atoms with E-state index in [2.05, 4.69) is 5.43 Å². The quantitative estimate of drug-likeness (QED) is 0.385. The van der Waals surface area contributed by atoms with Crippen molar-refractivity contribution in [2.24, 2.45) is 5.84 Å². The van der Waals surface area contributed by atoms with Crippen LogP contribution in [0.4, 0.5) is 5.69 Å². The molecule has 0 aliphatic carbocycles. The Balaban J connectivity index is 2.61. The standard InChI is InChI=1S/C8H12N2O3S/c9-10-8-3-1-7(2-4-8)5-6-14(11,12)13/h1-4,10H,5-6,9H2,(H,11,12,13). The molecule has 0 radical (unpaired) electrons. The van der Waals surface area contributed by atoms with Gasteiger partial charge in [0.15, 0.2) is 0 Å². The van der Waals surface area contributed by atoms with Crippen LogP contribution in [0.5, 0.6) is 0 Å². The fraction of sp³-hybridized carbons (Fsp3) is 0.250. The number of hydrogen-bond donors (Lipinski definition) is 3. The van der Waals surface area contributed by atoms with Gasteiger partial charge in [0.25, 0.3) is 10.1 Å². The third kappa shape index (κ3) is 3.73. The molecular weight excluding hydrogens is 204 g/mol. The number of hydrogen-bond acceptors (Lipinski definition) is 4. The molecule has 0 bridgehead atoms. The maximum Gasteiger partial charge on any atom is 0.265 e. The normalized spacial score (nSPS) is 11.3. The second-order valence-corrected chi connectivity index (χ2v) is 4.45. The summed E-state index contributed by atoms with van der Waals surface area (Å²) < 4.78 is 29.4. The molecule has 0 heterocycles. The number of nitrogens with two attached hydrogens (primary N) is 1. The zero-order chi connectivity index (χ0) is 10.6. The monoisotopic (exact) mass is 216 g/mol. The van der Waals surface area contributed by atoms with Crippen LogP contribution in [0.2, 0.25) is 0 Å². The topological polar surface area (TPSA) is 92.4 Å². The van der Waals surface area contributed by atoms with E-state index in [4.69, 9.17) is 10.4 Å². The summed E-state index contributed by atoms with van der Waals surface area (Å²) in [5, 5.41) is 0. The SMILES string of the molecule is NNc1ccc(CCS(=O)(=O)O)cc1. The van der Waals surface area contributed by atoms with Gasteiger partial charge in [0.2, 0.25) is 0 Å². The van der Waals surface area contributed by atoms with E-state index in [1.54, 1.807) is 24.3 Å².